The van der Waals surface area contributed by atoms with Crippen molar-refractivity contribution in [2.24, 2.45) is 0 Å². The summed E-state index contributed by atoms with van der Waals surface area (Å²) in [7, 11) is 0. The van der Waals surface area contributed by atoms with Crippen LogP contribution in [0.4, 0.5) is 0 Å². The van der Waals surface area contributed by atoms with Gasteiger partial charge >= 0.3 is 0 Å². The van der Waals surface area contributed by atoms with E-state index >= 15 is 0 Å². The third-order valence-corrected chi connectivity index (χ3v) is 1.12. The van der Waals surface area contributed by atoms with Crippen LogP contribution in [-0.2, 0) is 0 Å². The van der Waals surface area contributed by atoms with E-state index in [0.29, 0.717) is 0 Å². The molecular weight excluding hydrogens is 168 g/mol. The van der Waals surface area contributed by atoms with Crippen molar-refractivity contribution in [1.82, 2.24) is 0 Å². The molecule has 0 aromatic heterocycles. The second-order valence-electron chi connectivity index (χ2n) is 2.50. The van der Waals surface area contributed by atoms with Gasteiger partial charge in [-0.05, 0) is 13.8 Å². The van der Waals surface area contributed by atoms with Gasteiger partial charge in [0.25, 0.3) is 0 Å². The first-order valence-corrected chi connectivity index (χ1v) is 5.05. The van der Waals surface area contributed by atoms with Gasteiger partial charge in [-0.25, -0.2) is 0 Å². The summed E-state index contributed by atoms with van der Waals surface area (Å²) in [6.45, 7) is 11.6. The summed E-state index contributed by atoms with van der Waals surface area (Å²) in [5.74, 6) is 0. The molecule has 78 valence electrons. The van der Waals surface area contributed by atoms with E-state index in [0.717, 1.165) is 5.57 Å². The van der Waals surface area contributed by atoms with Crippen molar-refractivity contribution in [1.29, 1.82) is 0 Å². The van der Waals surface area contributed by atoms with Crippen LogP contribution in [0, 0.1) is 0 Å². The van der Waals surface area contributed by atoms with E-state index in [4.69, 9.17) is 0 Å². The van der Waals surface area contributed by atoms with Crippen molar-refractivity contribution in [3.05, 3.63) is 60.7 Å². The van der Waals surface area contributed by atoms with Crippen molar-refractivity contribution >= 4 is 0 Å². The largest absolute Gasteiger partial charge is 0.0961 e. The first-order chi connectivity index (χ1) is 6.77. The van der Waals surface area contributed by atoms with E-state index < -0.39 is 0 Å². The van der Waals surface area contributed by atoms with Crippen molar-refractivity contribution in [2.75, 3.05) is 0 Å². The Balaban J connectivity index is 0. The SMILES string of the molecule is C=C(C)/C=C\C.CC.c1ccccc1. The van der Waals surface area contributed by atoms with Crippen molar-refractivity contribution in [2.45, 2.75) is 27.7 Å². The lowest BCUT2D eigenvalue weighted by Gasteiger charge is -1.75. The average molecular weight is 190 g/mol. The third-order valence-electron chi connectivity index (χ3n) is 1.12. The van der Waals surface area contributed by atoms with Crippen LogP contribution in [0.1, 0.15) is 27.7 Å². The van der Waals surface area contributed by atoms with Gasteiger partial charge in [0.15, 0.2) is 0 Å². The Morgan fingerprint density at radius 1 is 0.929 bits per heavy atom. The fourth-order valence-corrected chi connectivity index (χ4v) is 0.669. The Labute approximate surface area is 89.0 Å². The molecule has 14 heavy (non-hydrogen) atoms. The van der Waals surface area contributed by atoms with Gasteiger partial charge in [0.1, 0.15) is 0 Å². The monoisotopic (exact) mass is 190 g/mol. The zero-order valence-corrected chi connectivity index (χ0v) is 9.83. The lowest BCUT2D eigenvalue weighted by molar-refractivity contribution is 1.50. The Hall–Kier alpha value is -1.30. The van der Waals surface area contributed by atoms with Crippen LogP contribution in [0.5, 0.6) is 0 Å². The Morgan fingerprint density at radius 3 is 1.29 bits per heavy atom. The molecule has 0 aliphatic rings. The molecule has 0 spiro atoms. The normalized spacial score (nSPS) is 8.00. The quantitative estimate of drug-likeness (QED) is 0.555. The fraction of sp³-hybridized carbons (Fsp3) is 0.286. The molecule has 0 unspecified atom stereocenters. The first-order valence-electron chi connectivity index (χ1n) is 5.05. The van der Waals surface area contributed by atoms with Crippen LogP contribution in [0.15, 0.2) is 60.7 Å². The molecule has 1 aromatic rings. The summed E-state index contributed by atoms with van der Waals surface area (Å²) in [6.07, 6.45) is 3.95. The standard InChI is InChI=1S/C6H6.C6H10.C2H6/c1-2-4-6-5-3-1;1-4-5-6(2)3;1-2/h1-6H;4-5H,2H2,1,3H3;1-2H3/b;5-4-;. The van der Waals surface area contributed by atoms with Gasteiger partial charge in [-0.3, -0.25) is 0 Å². The second kappa shape index (κ2) is 14.2. The smallest absolute Gasteiger partial charge is 0.0404 e. The molecule has 0 aliphatic heterocycles. The molecule has 0 radical (unpaired) electrons. The maximum Gasteiger partial charge on any atom is -0.0404 e. The molecule has 1 rings (SSSR count). The van der Waals surface area contributed by atoms with Crippen LogP contribution < -0.4 is 0 Å². The molecule has 0 nitrogen and oxygen atoms in total. The zero-order chi connectivity index (χ0) is 11.2. The van der Waals surface area contributed by atoms with Crippen molar-refractivity contribution < 1.29 is 0 Å². The van der Waals surface area contributed by atoms with Gasteiger partial charge in [0, 0.05) is 0 Å². The lowest BCUT2D eigenvalue weighted by atomic mass is 10.3. The minimum atomic E-state index is 1.11. The average Bonchev–Trinajstić information content (AvgIpc) is 2.24. The second-order valence-corrected chi connectivity index (χ2v) is 2.50. The molecule has 0 heterocycles. The zero-order valence-electron chi connectivity index (χ0n) is 9.83. The minimum absolute atomic E-state index is 1.11. The van der Waals surface area contributed by atoms with Gasteiger partial charge in [0.2, 0.25) is 0 Å². The summed E-state index contributed by atoms with van der Waals surface area (Å²) < 4.78 is 0. The summed E-state index contributed by atoms with van der Waals surface area (Å²) in [5.41, 5.74) is 1.11. The van der Waals surface area contributed by atoms with Crippen molar-refractivity contribution in [3.63, 3.8) is 0 Å². The third kappa shape index (κ3) is 17.0. The van der Waals surface area contributed by atoms with E-state index in [1.54, 1.807) is 0 Å². The van der Waals surface area contributed by atoms with Gasteiger partial charge < -0.3 is 0 Å². The van der Waals surface area contributed by atoms with Gasteiger partial charge in [-0.1, -0.05) is 74.5 Å². The maximum atomic E-state index is 3.66. The predicted molar refractivity (Wildman–Crippen MR) is 67.4 cm³/mol. The highest BCUT2D eigenvalue weighted by atomic mass is 13.7. The molecule has 0 amide bonds. The number of hydrogen-bond acceptors (Lipinski definition) is 0. The highest BCUT2D eigenvalue weighted by Crippen LogP contribution is 1.85. The molecule has 0 N–H and O–H groups in total. The molecular formula is C14H22. The number of rotatable bonds is 1. The summed E-state index contributed by atoms with van der Waals surface area (Å²) in [5, 5.41) is 0. The van der Waals surface area contributed by atoms with Crippen LogP contribution in [-0.4, -0.2) is 0 Å². The molecule has 0 bridgehead atoms. The molecule has 0 saturated heterocycles. The molecule has 0 aliphatic carbocycles. The van der Waals surface area contributed by atoms with E-state index in [2.05, 4.69) is 6.58 Å². The van der Waals surface area contributed by atoms with Crippen LogP contribution in [0.25, 0.3) is 0 Å². The highest BCUT2D eigenvalue weighted by molar-refractivity contribution is 5.09. The van der Waals surface area contributed by atoms with Gasteiger partial charge in [-0.15, -0.1) is 0 Å². The van der Waals surface area contributed by atoms with Crippen LogP contribution in [0.2, 0.25) is 0 Å². The van der Waals surface area contributed by atoms with E-state index in [1.807, 2.05) is 76.2 Å². The molecule has 0 heteroatoms. The van der Waals surface area contributed by atoms with Gasteiger partial charge in [0.05, 0.1) is 0 Å². The van der Waals surface area contributed by atoms with E-state index in [9.17, 15) is 0 Å². The lowest BCUT2D eigenvalue weighted by Crippen LogP contribution is -1.54. The van der Waals surface area contributed by atoms with Crippen LogP contribution in [0.3, 0.4) is 0 Å². The maximum absolute atomic E-state index is 3.66. The molecule has 1 aromatic carbocycles. The summed E-state index contributed by atoms with van der Waals surface area (Å²) in [4.78, 5) is 0. The Kier molecular flexibility index (Phi) is 15.4. The number of allylic oxidation sites excluding steroid dienone is 3. The Bertz CT molecular complexity index is 192. The first kappa shape index (κ1) is 15.2. The van der Waals surface area contributed by atoms with Crippen molar-refractivity contribution in [3.8, 4) is 0 Å². The fourth-order valence-electron chi connectivity index (χ4n) is 0.669. The Morgan fingerprint density at radius 2 is 1.21 bits per heavy atom. The summed E-state index contributed by atoms with van der Waals surface area (Å²) >= 11 is 0. The van der Waals surface area contributed by atoms with E-state index in [-0.39, 0.29) is 0 Å². The molecule has 0 fully saturated rings. The van der Waals surface area contributed by atoms with Crippen LogP contribution >= 0.6 is 0 Å². The molecule has 0 saturated carbocycles. The predicted octanol–water partition coefficient (Wildman–Crippen LogP) is 4.85. The summed E-state index contributed by atoms with van der Waals surface area (Å²) in [6, 6.07) is 12.0. The van der Waals surface area contributed by atoms with E-state index in [1.165, 1.54) is 0 Å². The molecule has 0 atom stereocenters. The number of benzene rings is 1. The van der Waals surface area contributed by atoms with Gasteiger partial charge in [-0.2, -0.15) is 0 Å². The topological polar surface area (TPSA) is 0 Å². The highest BCUT2D eigenvalue weighted by Gasteiger charge is 1.63. The number of hydrogen-bond donors (Lipinski definition) is 0. The minimum Gasteiger partial charge on any atom is -0.0961 e.